The Morgan fingerprint density at radius 3 is 2.86 bits per heavy atom. The number of hydrogen-bond donors (Lipinski definition) is 1. The molecule has 0 saturated carbocycles. The number of nitriles is 1. The lowest BCUT2D eigenvalue weighted by Gasteiger charge is -2.09. The van der Waals surface area contributed by atoms with E-state index in [-0.39, 0.29) is 28.0 Å². The van der Waals surface area contributed by atoms with Crippen LogP contribution in [0.2, 0.25) is 5.02 Å². The third kappa shape index (κ3) is 4.60. The largest absolute Gasteiger partial charge is 0.545 e. The second-order valence-corrected chi connectivity index (χ2v) is 6.61. The quantitative estimate of drug-likeness (QED) is 0.587. The Hall–Kier alpha value is -3.08. The molecule has 0 aliphatic carbocycles. The monoisotopic (exact) mass is 399 g/mol. The van der Waals surface area contributed by atoms with Crippen LogP contribution in [-0.4, -0.2) is 31.1 Å². The number of nitrogens with zero attached hydrogens (tertiary/aromatic N) is 1. The van der Waals surface area contributed by atoms with Gasteiger partial charge in [0.1, 0.15) is 23.2 Å². The van der Waals surface area contributed by atoms with Gasteiger partial charge in [0.05, 0.1) is 12.1 Å². The Morgan fingerprint density at radius 1 is 1.36 bits per heavy atom. The summed E-state index contributed by atoms with van der Waals surface area (Å²) in [5, 5.41) is 23.1. The molecule has 28 heavy (non-hydrogen) atoms. The third-order valence-electron chi connectivity index (χ3n) is 4.26. The standard InChI is InChI=1S/C20H17ClN2O5/c21-17-5-3-12(9-16(17)20(25)26)18-6-4-14(28-18)8-13(10-22)19(24)23-11-15-2-1-7-27-15/h3-6,8-9,15H,1-2,7,11H2,(H,23,24)(H,25,26)/p-1/b13-8+/t15-/m0/s1. The number of amides is 1. The molecule has 144 valence electrons. The van der Waals surface area contributed by atoms with Crippen LogP contribution in [0.25, 0.3) is 17.4 Å². The van der Waals surface area contributed by atoms with Crippen LogP contribution in [0.4, 0.5) is 0 Å². The van der Waals surface area contributed by atoms with Gasteiger partial charge in [0.25, 0.3) is 5.91 Å². The number of furan rings is 1. The number of hydrogen-bond acceptors (Lipinski definition) is 6. The van der Waals surface area contributed by atoms with E-state index in [1.165, 1.54) is 18.2 Å². The maximum absolute atomic E-state index is 12.2. The molecule has 1 aromatic carbocycles. The van der Waals surface area contributed by atoms with Crippen LogP contribution < -0.4 is 10.4 Å². The normalized spacial score (nSPS) is 16.6. The van der Waals surface area contributed by atoms with Gasteiger partial charge in [-0.3, -0.25) is 4.79 Å². The summed E-state index contributed by atoms with van der Waals surface area (Å²) < 4.78 is 11.0. The Kier molecular flexibility index (Phi) is 6.14. The van der Waals surface area contributed by atoms with E-state index in [0.29, 0.717) is 24.5 Å². The Morgan fingerprint density at radius 2 is 2.18 bits per heavy atom. The maximum Gasteiger partial charge on any atom is 0.262 e. The molecule has 1 fully saturated rings. The number of benzene rings is 1. The van der Waals surface area contributed by atoms with E-state index < -0.39 is 11.9 Å². The van der Waals surface area contributed by atoms with E-state index in [1.54, 1.807) is 18.2 Å². The second-order valence-electron chi connectivity index (χ2n) is 6.20. The maximum atomic E-state index is 12.2. The number of carboxylic acids is 1. The van der Waals surface area contributed by atoms with Crippen molar-refractivity contribution in [3.05, 3.63) is 52.3 Å². The zero-order valence-electron chi connectivity index (χ0n) is 14.7. The van der Waals surface area contributed by atoms with Gasteiger partial charge >= 0.3 is 0 Å². The molecule has 0 bridgehead atoms. The average molecular weight is 400 g/mol. The van der Waals surface area contributed by atoms with Crippen molar-refractivity contribution in [1.82, 2.24) is 5.32 Å². The Bertz CT molecular complexity index is 967. The van der Waals surface area contributed by atoms with E-state index in [2.05, 4.69) is 5.32 Å². The fourth-order valence-electron chi connectivity index (χ4n) is 2.82. The van der Waals surface area contributed by atoms with Crippen molar-refractivity contribution >= 4 is 29.6 Å². The number of halogens is 1. The van der Waals surface area contributed by atoms with E-state index in [1.807, 2.05) is 6.07 Å². The topological polar surface area (TPSA) is 115 Å². The lowest BCUT2D eigenvalue weighted by Crippen LogP contribution is -2.32. The molecule has 1 aliphatic rings. The first kappa shape index (κ1) is 19.7. The highest BCUT2D eigenvalue weighted by molar-refractivity contribution is 6.33. The molecular formula is C20H16ClN2O5-. The summed E-state index contributed by atoms with van der Waals surface area (Å²) in [4.78, 5) is 23.3. The summed E-state index contributed by atoms with van der Waals surface area (Å²) in [5.41, 5.74) is 0.217. The lowest BCUT2D eigenvalue weighted by molar-refractivity contribution is -0.255. The molecule has 0 unspecified atom stereocenters. The van der Waals surface area contributed by atoms with Gasteiger partial charge in [0.15, 0.2) is 0 Å². The summed E-state index contributed by atoms with van der Waals surface area (Å²) >= 11 is 5.83. The first-order valence-electron chi connectivity index (χ1n) is 8.60. The molecule has 1 aliphatic heterocycles. The Balaban J connectivity index is 1.74. The van der Waals surface area contributed by atoms with Gasteiger partial charge in [0, 0.05) is 35.4 Å². The number of carbonyl (C=O) groups excluding carboxylic acids is 2. The lowest BCUT2D eigenvalue weighted by atomic mass is 10.1. The molecule has 2 aromatic rings. The first-order valence-corrected chi connectivity index (χ1v) is 8.98. The summed E-state index contributed by atoms with van der Waals surface area (Å²) in [6.07, 6.45) is 3.13. The van der Waals surface area contributed by atoms with Crippen molar-refractivity contribution < 1.29 is 23.8 Å². The van der Waals surface area contributed by atoms with Crippen molar-refractivity contribution in [2.24, 2.45) is 0 Å². The number of nitrogens with one attached hydrogen (secondary N) is 1. The highest BCUT2D eigenvalue weighted by Crippen LogP contribution is 2.27. The predicted molar refractivity (Wildman–Crippen MR) is 99.1 cm³/mol. The average Bonchev–Trinajstić information content (AvgIpc) is 3.36. The molecule has 8 heteroatoms. The molecule has 0 radical (unpaired) electrons. The van der Waals surface area contributed by atoms with E-state index in [9.17, 15) is 20.0 Å². The zero-order chi connectivity index (χ0) is 20.1. The van der Waals surface area contributed by atoms with Crippen molar-refractivity contribution in [3.8, 4) is 17.4 Å². The highest BCUT2D eigenvalue weighted by atomic mass is 35.5. The molecule has 1 atom stereocenters. The minimum absolute atomic E-state index is 0.0260. The highest BCUT2D eigenvalue weighted by Gasteiger charge is 2.18. The minimum atomic E-state index is -1.40. The molecule has 0 spiro atoms. The van der Waals surface area contributed by atoms with Gasteiger partial charge in [-0.2, -0.15) is 5.26 Å². The van der Waals surface area contributed by atoms with E-state index >= 15 is 0 Å². The fraction of sp³-hybridized carbons (Fsp3) is 0.250. The Labute approximate surface area is 166 Å². The van der Waals surface area contributed by atoms with Gasteiger partial charge < -0.3 is 24.4 Å². The molecule has 2 heterocycles. The number of rotatable bonds is 6. The second kappa shape index (κ2) is 8.74. The van der Waals surface area contributed by atoms with E-state index in [4.69, 9.17) is 20.8 Å². The number of ether oxygens (including phenoxy) is 1. The van der Waals surface area contributed by atoms with Crippen LogP contribution in [0.1, 0.15) is 29.0 Å². The predicted octanol–water partition coefficient (Wildman–Crippen LogP) is 2.17. The van der Waals surface area contributed by atoms with Gasteiger partial charge in [-0.15, -0.1) is 0 Å². The molecule has 1 N–H and O–H groups in total. The molecule has 7 nitrogen and oxygen atoms in total. The van der Waals surface area contributed by atoms with Crippen LogP contribution in [-0.2, 0) is 9.53 Å². The van der Waals surface area contributed by atoms with Crippen LogP contribution in [0.3, 0.4) is 0 Å². The summed E-state index contributed by atoms with van der Waals surface area (Å²) in [6, 6.07) is 9.40. The first-order chi connectivity index (χ1) is 13.5. The van der Waals surface area contributed by atoms with Crippen LogP contribution >= 0.6 is 11.6 Å². The summed E-state index contributed by atoms with van der Waals surface area (Å²) in [5.74, 6) is -1.26. The van der Waals surface area contributed by atoms with Gasteiger partial charge in [-0.25, -0.2) is 0 Å². The molecule has 1 aromatic heterocycles. The van der Waals surface area contributed by atoms with Crippen molar-refractivity contribution in [3.63, 3.8) is 0 Å². The van der Waals surface area contributed by atoms with Crippen molar-refractivity contribution in [1.29, 1.82) is 5.26 Å². The molecular weight excluding hydrogens is 384 g/mol. The van der Waals surface area contributed by atoms with E-state index in [0.717, 1.165) is 12.8 Å². The smallest absolute Gasteiger partial charge is 0.262 e. The number of aromatic carboxylic acids is 1. The summed E-state index contributed by atoms with van der Waals surface area (Å²) in [6.45, 7) is 1.03. The van der Waals surface area contributed by atoms with Gasteiger partial charge in [-0.1, -0.05) is 11.6 Å². The van der Waals surface area contributed by atoms with Crippen LogP contribution in [0.5, 0.6) is 0 Å². The molecule has 1 saturated heterocycles. The molecule has 1 amide bonds. The fourth-order valence-corrected chi connectivity index (χ4v) is 3.01. The SMILES string of the molecule is N#C/C(=C\c1ccc(-c2ccc(Cl)c(C(=O)[O-])c2)o1)C(=O)NC[C@@H]1CCCO1. The van der Waals surface area contributed by atoms with Gasteiger partial charge in [0.2, 0.25) is 0 Å². The van der Waals surface area contributed by atoms with Crippen LogP contribution in [0, 0.1) is 11.3 Å². The number of carbonyl (C=O) groups is 2. The van der Waals surface area contributed by atoms with Crippen molar-refractivity contribution in [2.75, 3.05) is 13.2 Å². The third-order valence-corrected chi connectivity index (χ3v) is 4.59. The molecule has 3 rings (SSSR count). The summed E-state index contributed by atoms with van der Waals surface area (Å²) in [7, 11) is 0. The zero-order valence-corrected chi connectivity index (χ0v) is 15.5. The minimum Gasteiger partial charge on any atom is -0.545 e. The van der Waals surface area contributed by atoms with Crippen molar-refractivity contribution in [2.45, 2.75) is 18.9 Å². The van der Waals surface area contributed by atoms with Crippen LogP contribution in [0.15, 0.2) is 40.3 Å². The number of carboxylic acid groups (broad SMARTS) is 1. The van der Waals surface area contributed by atoms with Gasteiger partial charge in [-0.05, 0) is 43.2 Å².